The lowest BCUT2D eigenvalue weighted by Gasteiger charge is -2.21. The van der Waals surface area contributed by atoms with E-state index in [4.69, 9.17) is 37.0 Å². The fraction of sp³-hybridized carbons (Fsp3) is 0.942. The van der Waals surface area contributed by atoms with Crippen LogP contribution in [0.15, 0.2) is 0 Å². The van der Waals surface area contributed by atoms with Crippen LogP contribution in [0, 0.1) is 0 Å². The van der Waals surface area contributed by atoms with Crippen LogP contribution in [-0.2, 0) is 65.4 Å². The lowest BCUT2D eigenvalue weighted by Crippen LogP contribution is -2.30. The summed E-state index contributed by atoms with van der Waals surface area (Å²) in [6.45, 7) is 4.91. The summed E-state index contributed by atoms with van der Waals surface area (Å²) < 4.78 is 68.2. The second-order valence-electron chi connectivity index (χ2n) is 24.9. The molecular weight excluding hydrogens is 1160 g/mol. The summed E-state index contributed by atoms with van der Waals surface area (Å²) >= 11 is 0. The van der Waals surface area contributed by atoms with Gasteiger partial charge in [-0.2, -0.15) is 0 Å². The number of aliphatic hydroxyl groups excluding tert-OH is 1. The first-order valence-electron chi connectivity index (χ1n) is 36.3. The predicted molar refractivity (Wildman–Crippen MR) is 354 cm³/mol. The van der Waals surface area contributed by atoms with Gasteiger partial charge in [-0.1, -0.05) is 310 Å². The average Bonchev–Trinajstić information content (AvgIpc) is 3.52. The van der Waals surface area contributed by atoms with E-state index in [1.807, 2.05) is 0 Å². The van der Waals surface area contributed by atoms with Gasteiger partial charge in [0, 0.05) is 25.7 Å². The number of hydrogen-bond acceptors (Lipinski definition) is 15. The topological polar surface area (TPSA) is 237 Å². The van der Waals surface area contributed by atoms with Gasteiger partial charge in [0.15, 0.2) is 12.2 Å². The standard InChI is InChI=1S/C69H134O17P2/c1-5-9-13-17-21-25-29-30-31-32-33-34-35-36-40-44-48-52-56-69(74)86-65(60-80-67(72)54-50-46-42-38-27-23-19-15-11-7-3)62-84-88(77,78)82-58-63(70)57-81-87(75,76)83-61-64(85-68(73)55-51-47-43-39-28-24-20-16-12-8-4)59-79-66(71)53-49-45-41-37-26-22-18-14-10-6-2/h63-65,70H,5-62H2,1-4H3,(H,75,76)(H,77,78)/t63-,64+,65+/m0/s1. The average molecular weight is 1300 g/mol. The molecule has 0 aliphatic carbocycles. The van der Waals surface area contributed by atoms with Crippen LogP contribution in [0.4, 0.5) is 0 Å². The molecule has 5 atom stereocenters. The summed E-state index contributed by atoms with van der Waals surface area (Å²) in [5.74, 6) is -2.12. The van der Waals surface area contributed by atoms with Crippen LogP contribution in [0.3, 0.4) is 0 Å². The zero-order chi connectivity index (χ0) is 64.7. The van der Waals surface area contributed by atoms with Crippen LogP contribution in [0.1, 0.15) is 362 Å². The van der Waals surface area contributed by atoms with Gasteiger partial charge in [-0.25, -0.2) is 9.13 Å². The van der Waals surface area contributed by atoms with E-state index in [1.165, 1.54) is 193 Å². The Morgan fingerprint density at radius 2 is 0.455 bits per heavy atom. The van der Waals surface area contributed by atoms with Gasteiger partial charge in [0.1, 0.15) is 19.3 Å². The van der Waals surface area contributed by atoms with Gasteiger partial charge in [0.2, 0.25) is 0 Å². The molecule has 3 N–H and O–H groups in total. The minimum Gasteiger partial charge on any atom is -0.462 e. The van der Waals surface area contributed by atoms with Crippen LogP contribution >= 0.6 is 15.6 Å². The molecule has 0 saturated carbocycles. The van der Waals surface area contributed by atoms with Crippen LogP contribution in [0.5, 0.6) is 0 Å². The molecule has 0 fully saturated rings. The highest BCUT2D eigenvalue weighted by molar-refractivity contribution is 7.47. The second-order valence-corrected chi connectivity index (χ2v) is 27.8. The van der Waals surface area contributed by atoms with Crippen molar-refractivity contribution in [1.82, 2.24) is 0 Å². The van der Waals surface area contributed by atoms with E-state index in [9.17, 15) is 43.2 Å². The fourth-order valence-corrected chi connectivity index (χ4v) is 12.1. The van der Waals surface area contributed by atoms with E-state index >= 15 is 0 Å². The Balaban J connectivity index is 5.18. The van der Waals surface area contributed by atoms with Crippen LogP contribution in [-0.4, -0.2) is 96.7 Å². The molecule has 0 aliphatic heterocycles. The number of rotatable bonds is 70. The fourth-order valence-electron chi connectivity index (χ4n) is 10.5. The van der Waals surface area contributed by atoms with E-state index < -0.39 is 97.5 Å². The van der Waals surface area contributed by atoms with Crippen molar-refractivity contribution in [1.29, 1.82) is 0 Å². The molecule has 0 heterocycles. The van der Waals surface area contributed by atoms with Gasteiger partial charge in [0.25, 0.3) is 0 Å². The highest BCUT2D eigenvalue weighted by Gasteiger charge is 2.30. The lowest BCUT2D eigenvalue weighted by molar-refractivity contribution is -0.161. The summed E-state index contributed by atoms with van der Waals surface area (Å²) in [5.41, 5.74) is 0. The number of aliphatic hydroxyl groups is 1. The predicted octanol–water partition coefficient (Wildman–Crippen LogP) is 19.9. The van der Waals surface area contributed by atoms with E-state index in [0.717, 1.165) is 89.9 Å². The summed E-state index contributed by atoms with van der Waals surface area (Å²) in [4.78, 5) is 72.4. The smallest absolute Gasteiger partial charge is 0.462 e. The monoisotopic (exact) mass is 1300 g/mol. The molecule has 17 nitrogen and oxygen atoms in total. The number of unbranched alkanes of at least 4 members (excludes halogenated alkanes) is 44. The third-order valence-electron chi connectivity index (χ3n) is 16.1. The summed E-state index contributed by atoms with van der Waals surface area (Å²) in [5, 5.41) is 10.6. The Bertz CT molecular complexity index is 1690. The molecule has 0 aromatic rings. The maximum absolute atomic E-state index is 13.0. The molecule has 0 spiro atoms. The molecule has 19 heteroatoms. The molecular formula is C69H134O17P2. The van der Waals surface area contributed by atoms with Crippen molar-refractivity contribution in [2.45, 2.75) is 380 Å². The second kappa shape index (κ2) is 63.8. The quantitative estimate of drug-likeness (QED) is 0.0222. The molecule has 0 aromatic carbocycles. The van der Waals surface area contributed by atoms with Crippen LogP contribution in [0.25, 0.3) is 0 Å². The molecule has 0 radical (unpaired) electrons. The van der Waals surface area contributed by atoms with E-state index in [0.29, 0.717) is 25.7 Å². The van der Waals surface area contributed by atoms with Gasteiger partial charge in [-0.05, 0) is 25.7 Å². The maximum Gasteiger partial charge on any atom is 0.472 e. The molecule has 522 valence electrons. The number of phosphoric acid groups is 2. The zero-order valence-electron chi connectivity index (χ0n) is 56.7. The van der Waals surface area contributed by atoms with Gasteiger partial charge in [-0.3, -0.25) is 37.3 Å². The Kier molecular flexibility index (Phi) is 62.4. The summed E-state index contributed by atoms with van der Waals surface area (Å²) in [7, 11) is -9.89. The summed E-state index contributed by atoms with van der Waals surface area (Å²) in [6, 6.07) is 0. The van der Waals surface area contributed by atoms with Crippen LogP contribution < -0.4 is 0 Å². The van der Waals surface area contributed by atoms with Crippen molar-refractivity contribution in [2.24, 2.45) is 0 Å². The first kappa shape index (κ1) is 86.1. The highest BCUT2D eigenvalue weighted by atomic mass is 31.2. The molecule has 0 aromatic heterocycles. The van der Waals surface area contributed by atoms with Crippen molar-refractivity contribution in [3.8, 4) is 0 Å². The Morgan fingerprint density at radius 1 is 0.273 bits per heavy atom. The molecule has 0 amide bonds. The number of carbonyl (C=O) groups is 4. The van der Waals surface area contributed by atoms with Crippen molar-refractivity contribution in [3.05, 3.63) is 0 Å². The zero-order valence-corrected chi connectivity index (χ0v) is 58.5. The minimum absolute atomic E-state index is 0.107. The third kappa shape index (κ3) is 62.8. The van der Waals surface area contributed by atoms with Crippen molar-refractivity contribution >= 4 is 39.5 Å². The summed E-state index contributed by atoms with van der Waals surface area (Å²) in [6.07, 6.45) is 51.3. The van der Waals surface area contributed by atoms with Crippen molar-refractivity contribution in [2.75, 3.05) is 39.6 Å². The number of ether oxygens (including phenoxy) is 4. The molecule has 88 heavy (non-hydrogen) atoms. The Morgan fingerprint density at radius 3 is 0.670 bits per heavy atom. The van der Waals surface area contributed by atoms with E-state index in [-0.39, 0.29) is 25.7 Å². The maximum atomic E-state index is 13.0. The molecule has 0 bridgehead atoms. The number of phosphoric ester groups is 2. The van der Waals surface area contributed by atoms with Gasteiger partial charge < -0.3 is 33.8 Å². The SMILES string of the molecule is CCCCCCCCCCCCCCCCCCCCC(=O)O[C@H](COC(=O)CCCCCCCCCCCC)COP(=O)(O)OC[C@@H](O)COP(=O)(O)OC[C@@H](COC(=O)CCCCCCCCCCCC)OC(=O)CCCCCCCCCCCC. The highest BCUT2D eigenvalue weighted by Crippen LogP contribution is 2.45. The lowest BCUT2D eigenvalue weighted by atomic mass is 10.0. The molecule has 0 saturated heterocycles. The van der Waals surface area contributed by atoms with Gasteiger partial charge >= 0.3 is 39.5 Å². The van der Waals surface area contributed by atoms with E-state index in [1.54, 1.807) is 0 Å². The largest absolute Gasteiger partial charge is 0.472 e. The Labute approximate surface area is 537 Å². The van der Waals surface area contributed by atoms with Crippen molar-refractivity contribution < 1.29 is 80.2 Å². The Hall–Kier alpha value is -1.94. The first-order valence-corrected chi connectivity index (χ1v) is 39.3. The molecule has 0 aliphatic rings. The minimum atomic E-state index is -4.95. The van der Waals surface area contributed by atoms with Crippen molar-refractivity contribution in [3.63, 3.8) is 0 Å². The van der Waals surface area contributed by atoms with Gasteiger partial charge in [0.05, 0.1) is 26.4 Å². The number of hydrogen-bond donors (Lipinski definition) is 3. The van der Waals surface area contributed by atoms with E-state index in [2.05, 4.69) is 27.7 Å². The third-order valence-corrected chi connectivity index (χ3v) is 18.0. The molecule has 2 unspecified atom stereocenters. The molecule has 0 rings (SSSR count). The number of carbonyl (C=O) groups excluding carboxylic acids is 4. The first-order chi connectivity index (χ1) is 42.7. The number of esters is 4. The normalized spacial score (nSPS) is 14.0. The van der Waals surface area contributed by atoms with Crippen LogP contribution in [0.2, 0.25) is 0 Å². The van der Waals surface area contributed by atoms with Gasteiger partial charge in [-0.15, -0.1) is 0 Å².